The van der Waals surface area contributed by atoms with Gasteiger partial charge in [-0.25, -0.2) is 4.98 Å². The molecule has 9 heteroatoms. The lowest BCUT2D eigenvalue weighted by Gasteiger charge is -2.16. The second kappa shape index (κ2) is 9.51. The number of nitrogens with zero attached hydrogens (tertiary/aromatic N) is 2. The normalized spacial score (nSPS) is 12.2. The fourth-order valence-electron chi connectivity index (χ4n) is 2.92. The average Bonchev–Trinajstić information content (AvgIpc) is 3.12. The van der Waals surface area contributed by atoms with Crippen LogP contribution in [-0.2, 0) is 13.0 Å². The van der Waals surface area contributed by atoms with Gasteiger partial charge in [0, 0.05) is 32.1 Å². The Morgan fingerprint density at radius 2 is 1.97 bits per heavy atom. The number of halogens is 3. The van der Waals surface area contributed by atoms with Crippen molar-refractivity contribution in [3.05, 3.63) is 59.4 Å². The number of aromatic nitrogens is 2. The molecule has 0 saturated carbocycles. The summed E-state index contributed by atoms with van der Waals surface area (Å²) in [7, 11) is 1.63. The van der Waals surface area contributed by atoms with Gasteiger partial charge >= 0.3 is 6.18 Å². The first-order valence-corrected chi connectivity index (χ1v) is 9.51. The zero-order valence-electron chi connectivity index (χ0n) is 16.8. The van der Waals surface area contributed by atoms with Crippen LogP contribution in [0.3, 0.4) is 0 Å². The van der Waals surface area contributed by atoms with Gasteiger partial charge in [0.2, 0.25) is 0 Å². The Morgan fingerprint density at radius 1 is 1.17 bits per heavy atom. The van der Waals surface area contributed by atoms with Crippen molar-refractivity contribution in [3.8, 4) is 5.75 Å². The van der Waals surface area contributed by atoms with E-state index in [0.717, 1.165) is 22.4 Å². The van der Waals surface area contributed by atoms with Gasteiger partial charge in [0.1, 0.15) is 11.6 Å². The molecule has 30 heavy (non-hydrogen) atoms. The lowest BCUT2D eigenvalue weighted by Crippen LogP contribution is -2.38. The number of guanidine groups is 1. The van der Waals surface area contributed by atoms with Crippen LogP contribution in [0.2, 0.25) is 0 Å². The van der Waals surface area contributed by atoms with Crippen LogP contribution in [0.4, 0.5) is 13.2 Å². The highest BCUT2D eigenvalue weighted by atomic mass is 19.4. The summed E-state index contributed by atoms with van der Waals surface area (Å²) in [5.41, 5.74) is 3.34. The van der Waals surface area contributed by atoms with Gasteiger partial charge in [-0.1, -0.05) is 24.3 Å². The van der Waals surface area contributed by atoms with E-state index in [4.69, 9.17) is 4.74 Å². The van der Waals surface area contributed by atoms with Gasteiger partial charge in [-0.15, -0.1) is 0 Å². The number of ether oxygens (including phenoxy) is 1. The van der Waals surface area contributed by atoms with Gasteiger partial charge in [0.15, 0.2) is 12.6 Å². The number of hydrogen-bond acceptors (Lipinski definition) is 3. The van der Waals surface area contributed by atoms with E-state index in [1.807, 2.05) is 30.3 Å². The molecule has 0 aliphatic rings. The van der Waals surface area contributed by atoms with Crippen LogP contribution >= 0.6 is 0 Å². The molecule has 6 nitrogen and oxygen atoms in total. The minimum absolute atomic E-state index is 0.206. The van der Waals surface area contributed by atoms with Crippen molar-refractivity contribution >= 4 is 17.0 Å². The van der Waals surface area contributed by atoms with Crippen molar-refractivity contribution in [3.63, 3.8) is 0 Å². The molecule has 1 aromatic heterocycles. The fourth-order valence-corrected chi connectivity index (χ4v) is 2.92. The van der Waals surface area contributed by atoms with Crippen molar-refractivity contribution in [2.24, 2.45) is 4.99 Å². The summed E-state index contributed by atoms with van der Waals surface area (Å²) in [6.07, 6.45) is -3.72. The summed E-state index contributed by atoms with van der Waals surface area (Å²) in [5, 5.41) is 6.28. The van der Waals surface area contributed by atoms with E-state index in [2.05, 4.69) is 25.6 Å². The van der Waals surface area contributed by atoms with Gasteiger partial charge < -0.3 is 20.4 Å². The van der Waals surface area contributed by atoms with Crippen LogP contribution in [-0.4, -0.2) is 42.3 Å². The highest BCUT2D eigenvalue weighted by Gasteiger charge is 2.28. The quantitative estimate of drug-likeness (QED) is 0.403. The Bertz CT molecular complexity index is 980. The second-order valence-electron chi connectivity index (χ2n) is 6.82. The predicted octanol–water partition coefficient (Wildman–Crippen LogP) is 3.72. The first kappa shape index (κ1) is 21.5. The Labute approximate surface area is 172 Å². The molecule has 3 aromatic rings. The van der Waals surface area contributed by atoms with E-state index in [-0.39, 0.29) is 12.3 Å². The minimum atomic E-state index is -4.39. The molecule has 0 radical (unpaired) electrons. The van der Waals surface area contributed by atoms with Crippen molar-refractivity contribution in [2.45, 2.75) is 26.1 Å². The summed E-state index contributed by atoms with van der Waals surface area (Å²) < 4.78 is 42.5. The summed E-state index contributed by atoms with van der Waals surface area (Å²) in [6, 6.07) is 13.0. The molecule has 0 aliphatic heterocycles. The number of aromatic amines is 1. The number of rotatable bonds is 7. The maximum absolute atomic E-state index is 12.5. The SMILES string of the molecule is CN=C(NCCc1nc2ccccc2[nH]1)NCc1ccc(C)cc1OCC(F)(F)F. The van der Waals surface area contributed by atoms with Crippen molar-refractivity contribution in [1.82, 2.24) is 20.6 Å². The summed E-state index contributed by atoms with van der Waals surface area (Å²) >= 11 is 0. The van der Waals surface area contributed by atoms with E-state index in [1.165, 1.54) is 0 Å². The largest absolute Gasteiger partial charge is 0.484 e. The lowest BCUT2D eigenvalue weighted by molar-refractivity contribution is -0.153. The predicted molar refractivity (Wildman–Crippen MR) is 111 cm³/mol. The van der Waals surface area contributed by atoms with Gasteiger partial charge in [0.05, 0.1) is 11.0 Å². The lowest BCUT2D eigenvalue weighted by atomic mass is 10.1. The van der Waals surface area contributed by atoms with E-state index in [0.29, 0.717) is 24.5 Å². The molecule has 0 unspecified atom stereocenters. The molecule has 3 N–H and O–H groups in total. The van der Waals surface area contributed by atoms with Crippen molar-refractivity contribution in [2.75, 3.05) is 20.2 Å². The maximum Gasteiger partial charge on any atom is 0.422 e. The number of aliphatic imine (C=N–C) groups is 1. The summed E-state index contributed by atoms with van der Waals surface area (Å²) in [6.45, 7) is 1.34. The van der Waals surface area contributed by atoms with Crippen LogP contribution in [0.15, 0.2) is 47.5 Å². The maximum atomic E-state index is 12.5. The molecule has 0 bridgehead atoms. The van der Waals surface area contributed by atoms with E-state index in [1.54, 1.807) is 26.1 Å². The van der Waals surface area contributed by atoms with E-state index < -0.39 is 12.8 Å². The average molecular weight is 419 g/mol. The Morgan fingerprint density at radius 3 is 2.70 bits per heavy atom. The summed E-state index contributed by atoms with van der Waals surface area (Å²) in [5.74, 6) is 1.60. The third kappa shape index (κ3) is 6.13. The topological polar surface area (TPSA) is 74.3 Å². The molecular weight excluding hydrogens is 395 g/mol. The molecule has 0 fully saturated rings. The zero-order chi connectivity index (χ0) is 21.6. The van der Waals surface area contributed by atoms with Crippen LogP contribution in [0.5, 0.6) is 5.75 Å². The number of nitrogens with one attached hydrogen (secondary N) is 3. The molecule has 0 saturated heterocycles. The number of imidazole rings is 1. The van der Waals surface area contributed by atoms with Gasteiger partial charge in [0.25, 0.3) is 0 Å². The minimum Gasteiger partial charge on any atom is -0.484 e. The molecule has 0 spiro atoms. The monoisotopic (exact) mass is 419 g/mol. The van der Waals surface area contributed by atoms with Crippen LogP contribution in [0.1, 0.15) is 17.0 Å². The molecule has 0 atom stereocenters. The Balaban J connectivity index is 1.53. The number of para-hydroxylation sites is 2. The molecule has 3 rings (SSSR count). The van der Waals surface area contributed by atoms with Gasteiger partial charge in [-0.05, 0) is 30.7 Å². The molecule has 0 amide bonds. The number of hydrogen-bond donors (Lipinski definition) is 3. The van der Waals surface area contributed by atoms with E-state index in [9.17, 15) is 13.2 Å². The summed E-state index contributed by atoms with van der Waals surface area (Å²) in [4.78, 5) is 11.9. The third-order valence-corrected chi connectivity index (χ3v) is 4.38. The van der Waals surface area contributed by atoms with Gasteiger partial charge in [-0.2, -0.15) is 13.2 Å². The Kier molecular flexibility index (Phi) is 6.81. The molecule has 160 valence electrons. The highest BCUT2D eigenvalue weighted by molar-refractivity contribution is 5.79. The number of benzene rings is 2. The number of alkyl halides is 3. The zero-order valence-corrected chi connectivity index (χ0v) is 16.8. The Hall–Kier alpha value is -3.23. The fraction of sp³-hybridized carbons (Fsp3) is 0.333. The third-order valence-electron chi connectivity index (χ3n) is 4.38. The number of aryl methyl sites for hydroxylation is 1. The molecular formula is C21H24F3N5O. The van der Waals surface area contributed by atoms with Crippen LogP contribution in [0, 0.1) is 6.92 Å². The van der Waals surface area contributed by atoms with Crippen molar-refractivity contribution < 1.29 is 17.9 Å². The van der Waals surface area contributed by atoms with Crippen LogP contribution in [0.25, 0.3) is 11.0 Å². The molecule has 0 aliphatic carbocycles. The van der Waals surface area contributed by atoms with E-state index >= 15 is 0 Å². The van der Waals surface area contributed by atoms with Crippen LogP contribution < -0.4 is 15.4 Å². The second-order valence-corrected chi connectivity index (χ2v) is 6.82. The number of H-pyrrole nitrogens is 1. The first-order chi connectivity index (χ1) is 14.3. The highest BCUT2D eigenvalue weighted by Crippen LogP contribution is 2.23. The molecule has 1 heterocycles. The number of fused-ring (bicyclic) bond motifs is 1. The smallest absolute Gasteiger partial charge is 0.422 e. The van der Waals surface area contributed by atoms with Crippen molar-refractivity contribution in [1.29, 1.82) is 0 Å². The standard InChI is InChI=1S/C21H24F3N5O/c1-14-7-8-15(18(11-14)30-13-21(22,23)24)12-27-20(25-2)26-10-9-19-28-16-5-3-4-6-17(16)29-19/h3-8,11H,9-10,12-13H2,1-2H3,(H,28,29)(H2,25,26,27). The first-order valence-electron chi connectivity index (χ1n) is 9.51. The molecule has 2 aromatic carbocycles. The van der Waals surface area contributed by atoms with Gasteiger partial charge in [-0.3, -0.25) is 4.99 Å².